The van der Waals surface area contributed by atoms with Crippen molar-refractivity contribution in [2.45, 2.75) is 0 Å². The minimum atomic E-state index is -4.17. The van der Waals surface area contributed by atoms with Gasteiger partial charge >= 0.3 is 10.3 Å². The highest BCUT2D eigenvalue weighted by molar-refractivity contribution is 7.83. The van der Waals surface area contributed by atoms with Crippen LogP contribution in [-0.2, 0) is 15.1 Å². The molecule has 0 aromatic carbocycles. The molecule has 0 atom stereocenters. The van der Waals surface area contributed by atoms with E-state index in [1.807, 2.05) is 0 Å². The largest absolute Gasteiger partial charge is 0.333 e. The van der Waals surface area contributed by atoms with Crippen LogP contribution in [0.15, 0.2) is 0 Å². The predicted octanol–water partition coefficient (Wildman–Crippen LogP) is -1.42. The lowest BCUT2D eigenvalue weighted by atomic mass is 10.8. The molecule has 0 aliphatic heterocycles. The molecular formula is C2H5NO4S. The van der Waals surface area contributed by atoms with Crippen LogP contribution < -0.4 is 4.72 Å². The van der Waals surface area contributed by atoms with Crippen LogP contribution in [0.2, 0.25) is 0 Å². The first-order chi connectivity index (χ1) is 3.56. The van der Waals surface area contributed by atoms with E-state index < -0.39 is 16.8 Å². The smallest absolute Gasteiger partial charge is 0.302 e. The molecule has 0 heterocycles. The van der Waals surface area contributed by atoms with Crippen LogP contribution in [0, 0.1) is 0 Å². The van der Waals surface area contributed by atoms with Crippen molar-refractivity contribution in [2.24, 2.45) is 0 Å². The van der Waals surface area contributed by atoms with Gasteiger partial charge in [-0.25, -0.2) is 0 Å². The van der Waals surface area contributed by atoms with E-state index in [0.717, 1.165) is 0 Å². The van der Waals surface area contributed by atoms with Crippen LogP contribution >= 0.6 is 0 Å². The molecule has 0 rings (SSSR count). The summed E-state index contributed by atoms with van der Waals surface area (Å²) in [4.78, 5) is 9.41. The zero-order valence-electron chi connectivity index (χ0n) is 3.86. The Labute approximate surface area is 46.6 Å². The zero-order valence-corrected chi connectivity index (χ0v) is 4.68. The first kappa shape index (κ1) is 7.54. The summed E-state index contributed by atoms with van der Waals surface area (Å²) in [6, 6.07) is 0. The van der Waals surface area contributed by atoms with Crippen LogP contribution in [0.25, 0.3) is 0 Å². The molecule has 0 aliphatic rings. The summed E-state index contributed by atoms with van der Waals surface area (Å²) in [5.74, 6) is 0. The predicted molar refractivity (Wildman–Crippen MR) is 25.6 cm³/mol. The van der Waals surface area contributed by atoms with Gasteiger partial charge in [0.05, 0.1) is 6.54 Å². The Morgan fingerprint density at radius 3 is 2.25 bits per heavy atom. The van der Waals surface area contributed by atoms with Gasteiger partial charge in [-0.2, -0.15) is 13.1 Å². The van der Waals surface area contributed by atoms with E-state index in [0.29, 0.717) is 6.29 Å². The highest BCUT2D eigenvalue weighted by Gasteiger charge is 1.97. The Morgan fingerprint density at radius 2 is 2.12 bits per heavy atom. The number of carbonyl (C=O) groups is 1. The van der Waals surface area contributed by atoms with Crippen LogP contribution in [-0.4, -0.2) is 25.8 Å². The zero-order chi connectivity index (χ0) is 6.62. The monoisotopic (exact) mass is 139 g/mol. The number of rotatable bonds is 3. The van der Waals surface area contributed by atoms with E-state index in [1.165, 1.54) is 4.72 Å². The SMILES string of the molecule is O=CCNS(=O)(=O)O. The van der Waals surface area contributed by atoms with Crippen molar-refractivity contribution in [1.29, 1.82) is 0 Å². The molecule has 0 spiro atoms. The maximum atomic E-state index is 9.68. The van der Waals surface area contributed by atoms with Crippen molar-refractivity contribution in [3.8, 4) is 0 Å². The first-order valence-electron chi connectivity index (χ1n) is 1.72. The molecular weight excluding hydrogens is 134 g/mol. The minimum absolute atomic E-state index is 0.327. The maximum Gasteiger partial charge on any atom is 0.333 e. The number of aldehydes is 1. The second-order valence-electron chi connectivity index (χ2n) is 0.990. The Morgan fingerprint density at radius 1 is 1.62 bits per heavy atom. The molecule has 8 heavy (non-hydrogen) atoms. The molecule has 48 valence electrons. The quantitative estimate of drug-likeness (QED) is 0.371. The minimum Gasteiger partial charge on any atom is -0.302 e. The van der Waals surface area contributed by atoms with Crippen molar-refractivity contribution in [2.75, 3.05) is 6.54 Å². The van der Waals surface area contributed by atoms with Crippen molar-refractivity contribution in [1.82, 2.24) is 4.72 Å². The fraction of sp³-hybridized carbons (Fsp3) is 0.500. The van der Waals surface area contributed by atoms with Crippen molar-refractivity contribution < 1.29 is 17.8 Å². The molecule has 0 unspecified atom stereocenters. The van der Waals surface area contributed by atoms with E-state index >= 15 is 0 Å². The average molecular weight is 139 g/mol. The van der Waals surface area contributed by atoms with Crippen molar-refractivity contribution in [3.05, 3.63) is 0 Å². The number of hydrogen-bond donors (Lipinski definition) is 2. The maximum absolute atomic E-state index is 9.68. The normalized spacial score (nSPS) is 11.1. The van der Waals surface area contributed by atoms with Gasteiger partial charge in [-0.05, 0) is 0 Å². The molecule has 2 N–H and O–H groups in total. The Hall–Kier alpha value is -0.460. The second kappa shape index (κ2) is 2.75. The van der Waals surface area contributed by atoms with E-state index in [1.54, 1.807) is 0 Å². The molecule has 6 heteroatoms. The summed E-state index contributed by atoms with van der Waals surface area (Å²) >= 11 is 0. The van der Waals surface area contributed by atoms with Crippen LogP contribution in [0.3, 0.4) is 0 Å². The fourth-order valence-electron chi connectivity index (χ4n) is 0.139. The third kappa shape index (κ3) is 5.54. The van der Waals surface area contributed by atoms with Crippen LogP contribution in [0.1, 0.15) is 0 Å². The van der Waals surface area contributed by atoms with Crippen molar-refractivity contribution in [3.63, 3.8) is 0 Å². The molecule has 0 amide bonds. The number of carbonyl (C=O) groups excluding carboxylic acids is 1. The number of hydrogen-bond acceptors (Lipinski definition) is 3. The lowest BCUT2D eigenvalue weighted by Gasteiger charge is -1.89. The molecule has 0 saturated heterocycles. The molecule has 0 bridgehead atoms. The summed E-state index contributed by atoms with van der Waals surface area (Å²) in [7, 11) is -4.17. The summed E-state index contributed by atoms with van der Waals surface area (Å²) in [5.41, 5.74) is 0. The topological polar surface area (TPSA) is 83.5 Å². The summed E-state index contributed by atoms with van der Waals surface area (Å²) in [6.45, 7) is -0.390. The fourth-order valence-corrected chi connectivity index (χ4v) is 0.418. The van der Waals surface area contributed by atoms with Crippen LogP contribution in [0.5, 0.6) is 0 Å². The first-order valence-corrected chi connectivity index (χ1v) is 3.16. The van der Waals surface area contributed by atoms with E-state index in [2.05, 4.69) is 0 Å². The van der Waals surface area contributed by atoms with E-state index in [-0.39, 0.29) is 0 Å². The van der Waals surface area contributed by atoms with Crippen molar-refractivity contribution >= 4 is 16.6 Å². The van der Waals surface area contributed by atoms with Gasteiger partial charge in [0.15, 0.2) is 0 Å². The Bertz CT molecular complexity index is 159. The molecule has 0 aromatic rings. The highest BCUT2D eigenvalue weighted by Crippen LogP contribution is 1.66. The molecule has 0 fully saturated rings. The molecule has 0 saturated carbocycles. The Balaban J connectivity index is 3.57. The van der Waals surface area contributed by atoms with E-state index in [9.17, 15) is 13.2 Å². The lowest BCUT2D eigenvalue weighted by Crippen LogP contribution is -2.23. The standard InChI is InChI=1S/C2H5NO4S/c4-2-1-3-8(5,6)7/h2-3H,1H2,(H,5,6,7). The molecule has 0 aromatic heterocycles. The molecule has 0 aliphatic carbocycles. The number of nitrogens with one attached hydrogen (secondary N) is 1. The lowest BCUT2D eigenvalue weighted by molar-refractivity contribution is -0.106. The highest BCUT2D eigenvalue weighted by atomic mass is 32.2. The van der Waals surface area contributed by atoms with Gasteiger partial charge in [-0.15, -0.1) is 0 Å². The second-order valence-corrected chi connectivity index (χ2v) is 2.23. The van der Waals surface area contributed by atoms with E-state index in [4.69, 9.17) is 4.55 Å². The molecule has 0 radical (unpaired) electrons. The van der Waals surface area contributed by atoms with Gasteiger partial charge in [0.25, 0.3) is 0 Å². The summed E-state index contributed by atoms with van der Waals surface area (Å²) in [6.07, 6.45) is 0.327. The van der Waals surface area contributed by atoms with Gasteiger partial charge < -0.3 is 4.79 Å². The van der Waals surface area contributed by atoms with Gasteiger partial charge in [0.2, 0.25) is 0 Å². The van der Waals surface area contributed by atoms with Gasteiger partial charge in [-0.1, -0.05) is 0 Å². The third-order valence-corrected chi connectivity index (χ3v) is 0.881. The molecule has 5 nitrogen and oxygen atoms in total. The Kier molecular flexibility index (Phi) is 2.59. The van der Waals surface area contributed by atoms with Crippen LogP contribution in [0.4, 0.5) is 0 Å². The summed E-state index contributed by atoms with van der Waals surface area (Å²) in [5, 5.41) is 0. The third-order valence-electron chi connectivity index (χ3n) is 0.349. The van der Waals surface area contributed by atoms with Gasteiger partial charge in [0, 0.05) is 0 Å². The van der Waals surface area contributed by atoms with Gasteiger partial charge in [0.1, 0.15) is 6.29 Å². The average Bonchev–Trinajstić information content (AvgIpc) is 1.59. The summed E-state index contributed by atoms with van der Waals surface area (Å²) < 4.78 is 28.7. The van der Waals surface area contributed by atoms with Gasteiger partial charge in [-0.3, -0.25) is 4.55 Å².